The molecule has 25 heavy (non-hydrogen) atoms. The minimum atomic E-state index is -0.102. The summed E-state index contributed by atoms with van der Waals surface area (Å²) in [4.78, 5) is 18.7. The van der Waals surface area contributed by atoms with Crippen molar-refractivity contribution in [1.29, 1.82) is 0 Å². The second kappa shape index (κ2) is 7.67. The van der Waals surface area contributed by atoms with E-state index in [1.807, 2.05) is 42.6 Å². The minimum absolute atomic E-state index is 0.102. The number of nitrogens with zero attached hydrogens (tertiary/aromatic N) is 1. The normalized spacial score (nSPS) is 10.5. The Kier molecular flexibility index (Phi) is 5.35. The molecule has 3 aromatic rings. The standard InChI is InChI=1S/C18H18N2O3S2/c1-11-16(17(21)19-10-13-5-4-8-24-13)25-18(20-11)12-6-7-14(22-2)15(9-12)23-3/h4-9H,10H2,1-3H3,(H,19,21). The number of aromatic nitrogens is 1. The van der Waals surface area contributed by atoms with E-state index in [1.165, 1.54) is 11.3 Å². The molecule has 5 nitrogen and oxygen atoms in total. The number of hydrogen-bond donors (Lipinski definition) is 1. The fourth-order valence-electron chi connectivity index (χ4n) is 2.36. The molecule has 0 aliphatic rings. The molecule has 130 valence electrons. The Morgan fingerprint density at radius 2 is 2.00 bits per heavy atom. The molecule has 0 saturated carbocycles. The summed E-state index contributed by atoms with van der Waals surface area (Å²) in [5.74, 6) is 1.19. The van der Waals surface area contributed by atoms with Gasteiger partial charge in [0.25, 0.3) is 5.91 Å². The van der Waals surface area contributed by atoms with Crippen LogP contribution in [0, 0.1) is 6.92 Å². The lowest BCUT2D eigenvalue weighted by atomic mass is 10.2. The van der Waals surface area contributed by atoms with Crippen molar-refractivity contribution in [2.45, 2.75) is 13.5 Å². The summed E-state index contributed by atoms with van der Waals surface area (Å²) in [6.07, 6.45) is 0. The van der Waals surface area contributed by atoms with Crippen molar-refractivity contribution < 1.29 is 14.3 Å². The van der Waals surface area contributed by atoms with E-state index in [0.29, 0.717) is 22.9 Å². The van der Waals surface area contributed by atoms with Gasteiger partial charge in [-0.25, -0.2) is 4.98 Å². The third kappa shape index (κ3) is 3.83. The SMILES string of the molecule is COc1ccc(-c2nc(C)c(C(=O)NCc3cccs3)s2)cc1OC. The van der Waals surface area contributed by atoms with Crippen LogP contribution in [-0.2, 0) is 6.54 Å². The maximum absolute atomic E-state index is 12.4. The van der Waals surface area contributed by atoms with Crippen molar-refractivity contribution in [2.75, 3.05) is 14.2 Å². The molecule has 0 aliphatic heterocycles. The number of nitrogens with one attached hydrogen (secondary N) is 1. The second-order valence-corrected chi connectivity index (χ2v) is 7.30. The molecule has 0 atom stereocenters. The zero-order valence-corrected chi connectivity index (χ0v) is 15.8. The zero-order valence-electron chi connectivity index (χ0n) is 14.2. The van der Waals surface area contributed by atoms with E-state index in [2.05, 4.69) is 10.3 Å². The van der Waals surface area contributed by atoms with Crippen LogP contribution in [0.3, 0.4) is 0 Å². The number of amides is 1. The molecule has 1 N–H and O–H groups in total. The smallest absolute Gasteiger partial charge is 0.263 e. The monoisotopic (exact) mass is 374 g/mol. The first-order chi connectivity index (χ1) is 12.1. The Morgan fingerprint density at radius 3 is 2.68 bits per heavy atom. The number of thiophene rings is 1. The summed E-state index contributed by atoms with van der Waals surface area (Å²) < 4.78 is 10.6. The van der Waals surface area contributed by atoms with Crippen LogP contribution in [0.15, 0.2) is 35.7 Å². The first-order valence-corrected chi connectivity index (χ1v) is 9.32. The van der Waals surface area contributed by atoms with Crippen molar-refractivity contribution in [2.24, 2.45) is 0 Å². The lowest BCUT2D eigenvalue weighted by Gasteiger charge is -2.08. The summed E-state index contributed by atoms with van der Waals surface area (Å²) >= 11 is 3.00. The molecule has 0 radical (unpaired) electrons. The number of methoxy groups -OCH3 is 2. The van der Waals surface area contributed by atoms with Crippen LogP contribution < -0.4 is 14.8 Å². The van der Waals surface area contributed by atoms with Gasteiger partial charge >= 0.3 is 0 Å². The van der Waals surface area contributed by atoms with Crippen LogP contribution in [0.2, 0.25) is 0 Å². The highest BCUT2D eigenvalue weighted by molar-refractivity contribution is 7.17. The van der Waals surface area contributed by atoms with Crippen molar-refractivity contribution in [1.82, 2.24) is 10.3 Å². The van der Waals surface area contributed by atoms with Gasteiger partial charge in [-0.05, 0) is 36.6 Å². The van der Waals surface area contributed by atoms with Crippen molar-refractivity contribution in [3.63, 3.8) is 0 Å². The summed E-state index contributed by atoms with van der Waals surface area (Å²) in [5.41, 5.74) is 1.61. The largest absolute Gasteiger partial charge is 0.493 e. The number of rotatable bonds is 6. The molecular weight excluding hydrogens is 356 g/mol. The molecule has 0 aliphatic carbocycles. The fraction of sp³-hybridized carbons (Fsp3) is 0.222. The Labute approximate surface area is 154 Å². The highest BCUT2D eigenvalue weighted by Gasteiger charge is 2.17. The van der Waals surface area contributed by atoms with E-state index >= 15 is 0 Å². The molecule has 2 aromatic heterocycles. The van der Waals surface area contributed by atoms with Crippen LogP contribution in [0.25, 0.3) is 10.6 Å². The van der Waals surface area contributed by atoms with Crippen LogP contribution in [-0.4, -0.2) is 25.1 Å². The average molecular weight is 374 g/mol. The van der Waals surface area contributed by atoms with Gasteiger partial charge in [-0.15, -0.1) is 22.7 Å². The number of carbonyl (C=O) groups is 1. The third-order valence-electron chi connectivity index (χ3n) is 3.64. The van der Waals surface area contributed by atoms with Crippen molar-refractivity contribution >= 4 is 28.6 Å². The van der Waals surface area contributed by atoms with Crippen molar-refractivity contribution in [3.8, 4) is 22.1 Å². The molecule has 3 rings (SSSR count). The third-order valence-corrected chi connectivity index (χ3v) is 5.72. The molecular formula is C18H18N2O3S2. The predicted molar refractivity (Wildman–Crippen MR) is 101 cm³/mol. The van der Waals surface area contributed by atoms with Gasteiger partial charge in [-0.1, -0.05) is 6.07 Å². The average Bonchev–Trinajstić information content (AvgIpc) is 3.28. The Balaban J connectivity index is 1.81. The Hall–Kier alpha value is -2.38. The van der Waals surface area contributed by atoms with Crippen LogP contribution in [0.5, 0.6) is 11.5 Å². The summed E-state index contributed by atoms with van der Waals surface area (Å²) in [6, 6.07) is 9.58. The first-order valence-electron chi connectivity index (χ1n) is 7.62. The van der Waals surface area contributed by atoms with Crippen LogP contribution in [0.4, 0.5) is 0 Å². The van der Waals surface area contributed by atoms with Gasteiger partial charge in [-0.2, -0.15) is 0 Å². The van der Waals surface area contributed by atoms with Gasteiger partial charge in [0.15, 0.2) is 11.5 Å². The molecule has 0 saturated heterocycles. The molecule has 1 amide bonds. The van der Waals surface area contributed by atoms with Gasteiger partial charge in [0.05, 0.1) is 26.5 Å². The molecule has 0 spiro atoms. The maximum atomic E-state index is 12.4. The molecule has 0 unspecified atom stereocenters. The lowest BCUT2D eigenvalue weighted by Crippen LogP contribution is -2.22. The zero-order chi connectivity index (χ0) is 17.8. The summed E-state index contributed by atoms with van der Waals surface area (Å²) in [5, 5.41) is 5.72. The number of aryl methyl sites for hydroxylation is 1. The van der Waals surface area contributed by atoms with E-state index in [1.54, 1.807) is 25.6 Å². The maximum Gasteiger partial charge on any atom is 0.263 e. The summed E-state index contributed by atoms with van der Waals surface area (Å²) in [7, 11) is 3.19. The number of thiazole rings is 1. The fourth-order valence-corrected chi connectivity index (χ4v) is 3.98. The highest BCUT2D eigenvalue weighted by atomic mass is 32.1. The number of carbonyl (C=O) groups excluding carboxylic acids is 1. The molecule has 2 heterocycles. The van der Waals surface area contributed by atoms with Gasteiger partial charge < -0.3 is 14.8 Å². The van der Waals surface area contributed by atoms with E-state index in [0.717, 1.165) is 21.1 Å². The molecule has 7 heteroatoms. The van der Waals surface area contributed by atoms with Crippen LogP contribution in [0.1, 0.15) is 20.2 Å². The lowest BCUT2D eigenvalue weighted by molar-refractivity contribution is 0.0954. The molecule has 1 aromatic carbocycles. The minimum Gasteiger partial charge on any atom is -0.493 e. The van der Waals surface area contributed by atoms with Crippen molar-refractivity contribution in [3.05, 3.63) is 51.2 Å². The van der Waals surface area contributed by atoms with Gasteiger partial charge in [-0.3, -0.25) is 4.79 Å². The Bertz CT molecular complexity index is 873. The summed E-state index contributed by atoms with van der Waals surface area (Å²) in [6.45, 7) is 2.38. The van der Waals surface area contributed by atoms with E-state index < -0.39 is 0 Å². The topological polar surface area (TPSA) is 60.5 Å². The van der Waals surface area contributed by atoms with Gasteiger partial charge in [0, 0.05) is 10.4 Å². The van der Waals surface area contributed by atoms with Crippen LogP contribution >= 0.6 is 22.7 Å². The quantitative estimate of drug-likeness (QED) is 0.705. The van der Waals surface area contributed by atoms with E-state index in [9.17, 15) is 4.79 Å². The molecule has 0 bridgehead atoms. The van der Waals surface area contributed by atoms with E-state index in [-0.39, 0.29) is 5.91 Å². The highest BCUT2D eigenvalue weighted by Crippen LogP contribution is 2.35. The number of hydrogen-bond acceptors (Lipinski definition) is 6. The van der Waals surface area contributed by atoms with Gasteiger partial charge in [0.2, 0.25) is 0 Å². The molecule has 0 fully saturated rings. The first kappa shape index (κ1) is 17.4. The number of benzene rings is 1. The van der Waals surface area contributed by atoms with E-state index in [4.69, 9.17) is 9.47 Å². The van der Waals surface area contributed by atoms with Gasteiger partial charge in [0.1, 0.15) is 9.88 Å². The predicted octanol–water partition coefficient (Wildman–Crippen LogP) is 4.13. The number of ether oxygens (including phenoxy) is 2. The second-order valence-electron chi connectivity index (χ2n) is 5.27. The Morgan fingerprint density at radius 1 is 1.20 bits per heavy atom.